The van der Waals surface area contributed by atoms with Crippen LogP contribution in [0.2, 0.25) is 0 Å². The summed E-state index contributed by atoms with van der Waals surface area (Å²) >= 11 is 3.39. The molecule has 0 bridgehead atoms. The van der Waals surface area contributed by atoms with Gasteiger partial charge in [0.15, 0.2) is 11.3 Å². The SMILES string of the molecule is COc1cccc2cc(CNc3cnc(Br)c(C)c3)oc12. The number of nitrogens with one attached hydrogen (secondary N) is 1. The molecule has 0 aliphatic heterocycles. The number of methoxy groups -OCH3 is 1. The minimum absolute atomic E-state index is 0.598. The van der Waals surface area contributed by atoms with E-state index in [2.05, 4.69) is 26.2 Å². The number of anilines is 1. The van der Waals surface area contributed by atoms with Gasteiger partial charge in [-0.3, -0.25) is 0 Å². The molecular formula is C16H15BrN2O2. The Hall–Kier alpha value is -2.01. The van der Waals surface area contributed by atoms with Crippen LogP contribution in [0.1, 0.15) is 11.3 Å². The number of halogens is 1. The Balaban J connectivity index is 1.80. The van der Waals surface area contributed by atoms with E-state index in [0.29, 0.717) is 6.54 Å². The van der Waals surface area contributed by atoms with Crippen molar-refractivity contribution in [3.05, 3.63) is 52.5 Å². The number of aryl methyl sites for hydroxylation is 1. The van der Waals surface area contributed by atoms with E-state index < -0.39 is 0 Å². The molecule has 1 N–H and O–H groups in total. The Kier molecular flexibility index (Phi) is 3.84. The summed E-state index contributed by atoms with van der Waals surface area (Å²) in [4.78, 5) is 4.26. The molecule has 0 saturated heterocycles. The second kappa shape index (κ2) is 5.77. The highest BCUT2D eigenvalue weighted by molar-refractivity contribution is 9.10. The van der Waals surface area contributed by atoms with Gasteiger partial charge >= 0.3 is 0 Å². The molecule has 4 nitrogen and oxygen atoms in total. The summed E-state index contributed by atoms with van der Waals surface area (Å²) in [6.07, 6.45) is 1.79. The van der Waals surface area contributed by atoms with Gasteiger partial charge in [-0.25, -0.2) is 4.98 Å². The van der Waals surface area contributed by atoms with Crippen LogP contribution in [-0.4, -0.2) is 12.1 Å². The van der Waals surface area contributed by atoms with Gasteiger partial charge in [0, 0.05) is 5.39 Å². The van der Waals surface area contributed by atoms with Gasteiger partial charge in [-0.1, -0.05) is 12.1 Å². The fourth-order valence-corrected chi connectivity index (χ4v) is 2.40. The number of ether oxygens (including phenoxy) is 1. The summed E-state index contributed by atoms with van der Waals surface area (Å²) in [5.74, 6) is 1.61. The van der Waals surface area contributed by atoms with Crippen LogP contribution in [0.15, 0.2) is 45.5 Å². The third-order valence-electron chi connectivity index (χ3n) is 3.26. The van der Waals surface area contributed by atoms with Crippen molar-refractivity contribution in [2.24, 2.45) is 0 Å². The predicted molar refractivity (Wildman–Crippen MR) is 86.8 cm³/mol. The Labute approximate surface area is 131 Å². The van der Waals surface area contributed by atoms with Crippen LogP contribution in [0, 0.1) is 6.92 Å². The number of benzene rings is 1. The number of hydrogen-bond donors (Lipinski definition) is 1. The molecule has 5 heteroatoms. The third kappa shape index (κ3) is 2.88. The first kappa shape index (κ1) is 13.9. The first-order valence-electron chi connectivity index (χ1n) is 6.59. The average molecular weight is 347 g/mol. The lowest BCUT2D eigenvalue weighted by molar-refractivity contribution is 0.408. The van der Waals surface area contributed by atoms with Crippen molar-refractivity contribution in [3.8, 4) is 5.75 Å². The highest BCUT2D eigenvalue weighted by Crippen LogP contribution is 2.28. The molecule has 2 aromatic heterocycles. The fourth-order valence-electron chi connectivity index (χ4n) is 2.18. The van der Waals surface area contributed by atoms with Crippen LogP contribution in [0.3, 0.4) is 0 Å². The quantitative estimate of drug-likeness (QED) is 0.705. The van der Waals surface area contributed by atoms with Crippen LogP contribution in [-0.2, 0) is 6.54 Å². The predicted octanol–water partition coefficient (Wildman–Crippen LogP) is 4.52. The number of para-hydroxylation sites is 1. The van der Waals surface area contributed by atoms with E-state index in [0.717, 1.165) is 38.3 Å². The second-order valence-electron chi connectivity index (χ2n) is 4.78. The van der Waals surface area contributed by atoms with Crippen LogP contribution < -0.4 is 10.1 Å². The van der Waals surface area contributed by atoms with E-state index in [4.69, 9.17) is 9.15 Å². The number of pyridine rings is 1. The Morgan fingerprint density at radius 3 is 2.95 bits per heavy atom. The largest absolute Gasteiger partial charge is 0.493 e. The first-order chi connectivity index (χ1) is 10.2. The van der Waals surface area contributed by atoms with E-state index in [1.165, 1.54) is 0 Å². The average Bonchev–Trinajstić information content (AvgIpc) is 2.91. The first-order valence-corrected chi connectivity index (χ1v) is 7.38. The number of aromatic nitrogens is 1. The highest BCUT2D eigenvalue weighted by atomic mass is 79.9. The van der Waals surface area contributed by atoms with Crippen molar-refractivity contribution in [2.75, 3.05) is 12.4 Å². The standard InChI is InChI=1S/C16H15BrN2O2/c1-10-6-12(8-19-16(10)17)18-9-13-7-11-4-3-5-14(20-2)15(11)21-13/h3-8,18H,9H2,1-2H3. The summed E-state index contributed by atoms with van der Waals surface area (Å²) in [6, 6.07) is 9.92. The zero-order valence-corrected chi connectivity index (χ0v) is 13.4. The lowest BCUT2D eigenvalue weighted by Crippen LogP contribution is -1.99. The molecule has 3 aromatic rings. The fraction of sp³-hybridized carbons (Fsp3) is 0.188. The van der Waals surface area contributed by atoms with Gasteiger partial charge in [0.05, 0.1) is 25.5 Å². The number of hydrogen-bond acceptors (Lipinski definition) is 4. The number of furan rings is 1. The highest BCUT2D eigenvalue weighted by Gasteiger charge is 2.08. The number of rotatable bonds is 4. The van der Waals surface area contributed by atoms with Crippen molar-refractivity contribution < 1.29 is 9.15 Å². The molecular weight excluding hydrogens is 332 g/mol. The summed E-state index contributed by atoms with van der Waals surface area (Å²) in [5.41, 5.74) is 2.83. The van der Waals surface area contributed by atoms with Crippen molar-refractivity contribution in [1.82, 2.24) is 4.98 Å². The lowest BCUT2D eigenvalue weighted by atomic mass is 10.2. The molecule has 2 heterocycles. The zero-order chi connectivity index (χ0) is 14.8. The molecule has 0 aliphatic carbocycles. The maximum atomic E-state index is 5.85. The van der Waals surface area contributed by atoms with Gasteiger partial charge in [-0.2, -0.15) is 0 Å². The van der Waals surface area contributed by atoms with Gasteiger partial charge in [0.1, 0.15) is 10.4 Å². The van der Waals surface area contributed by atoms with Crippen molar-refractivity contribution in [3.63, 3.8) is 0 Å². The summed E-state index contributed by atoms with van der Waals surface area (Å²) in [6.45, 7) is 2.61. The molecule has 0 saturated carbocycles. The summed E-state index contributed by atoms with van der Waals surface area (Å²) in [5, 5.41) is 4.35. The molecule has 0 spiro atoms. The Morgan fingerprint density at radius 1 is 1.33 bits per heavy atom. The number of fused-ring (bicyclic) bond motifs is 1. The van der Waals surface area contributed by atoms with Gasteiger partial charge in [-0.15, -0.1) is 0 Å². The second-order valence-corrected chi connectivity index (χ2v) is 5.53. The van der Waals surface area contributed by atoms with E-state index in [9.17, 15) is 0 Å². The summed E-state index contributed by atoms with van der Waals surface area (Å²) < 4.78 is 12.0. The number of nitrogens with zero attached hydrogens (tertiary/aromatic N) is 1. The molecule has 1 aromatic carbocycles. The maximum absolute atomic E-state index is 5.85. The van der Waals surface area contributed by atoms with Gasteiger partial charge in [0.2, 0.25) is 0 Å². The van der Waals surface area contributed by atoms with Crippen molar-refractivity contribution in [1.29, 1.82) is 0 Å². The normalized spacial score (nSPS) is 10.8. The van der Waals surface area contributed by atoms with E-state index in [-0.39, 0.29) is 0 Å². The van der Waals surface area contributed by atoms with Crippen LogP contribution in [0.4, 0.5) is 5.69 Å². The third-order valence-corrected chi connectivity index (χ3v) is 4.09. The topological polar surface area (TPSA) is 47.3 Å². The zero-order valence-electron chi connectivity index (χ0n) is 11.8. The molecule has 0 atom stereocenters. The van der Waals surface area contributed by atoms with Crippen molar-refractivity contribution in [2.45, 2.75) is 13.5 Å². The Bertz CT molecular complexity index is 783. The smallest absolute Gasteiger partial charge is 0.176 e. The molecule has 0 radical (unpaired) electrons. The van der Waals surface area contributed by atoms with Gasteiger partial charge < -0.3 is 14.5 Å². The monoisotopic (exact) mass is 346 g/mol. The van der Waals surface area contributed by atoms with Crippen molar-refractivity contribution >= 4 is 32.6 Å². The van der Waals surface area contributed by atoms with Crippen LogP contribution in [0.25, 0.3) is 11.0 Å². The van der Waals surface area contributed by atoms with E-state index in [1.807, 2.05) is 37.3 Å². The molecule has 0 aliphatic rings. The minimum atomic E-state index is 0.598. The van der Waals surface area contributed by atoms with Crippen LogP contribution >= 0.6 is 15.9 Å². The molecule has 0 fully saturated rings. The van der Waals surface area contributed by atoms with Crippen LogP contribution in [0.5, 0.6) is 5.75 Å². The summed E-state index contributed by atoms with van der Waals surface area (Å²) in [7, 11) is 1.64. The van der Waals surface area contributed by atoms with E-state index >= 15 is 0 Å². The van der Waals surface area contributed by atoms with Gasteiger partial charge in [0.25, 0.3) is 0 Å². The molecule has 0 amide bonds. The Morgan fingerprint density at radius 2 is 2.19 bits per heavy atom. The molecule has 21 heavy (non-hydrogen) atoms. The molecule has 3 rings (SSSR count). The van der Waals surface area contributed by atoms with Gasteiger partial charge in [-0.05, 0) is 46.6 Å². The molecule has 108 valence electrons. The maximum Gasteiger partial charge on any atom is 0.176 e. The molecule has 0 unspecified atom stereocenters. The lowest BCUT2D eigenvalue weighted by Gasteiger charge is -2.05. The minimum Gasteiger partial charge on any atom is -0.493 e. The van der Waals surface area contributed by atoms with E-state index in [1.54, 1.807) is 13.3 Å².